The molecule has 0 unspecified atom stereocenters. The van der Waals surface area contributed by atoms with Crippen molar-refractivity contribution in [3.05, 3.63) is 23.9 Å². The largest absolute Gasteiger partial charge is 0.574 e. The Hall–Kier alpha value is -1.26. The maximum Gasteiger partial charge on any atom is 0.574 e. The Morgan fingerprint density at radius 1 is 1.36 bits per heavy atom. The summed E-state index contributed by atoms with van der Waals surface area (Å²) in [4.78, 5) is 3.46. The van der Waals surface area contributed by atoms with Crippen molar-refractivity contribution < 1.29 is 17.9 Å². The lowest BCUT2D eigenvalue weighted by Crippen LogP contribution is -2.18. The van der Waals surface area contributed by atoms with Crippen LogP contribution in [0.15, 0.2) is 18.3 Å². The van der Waals surface area contributed by atoms with E-state index in [1.54, 1.807) is 6.07 Å². The first-order valence-corrected chi connectivity index (χ1v) is 4.10. The van der Waals surface area contributed by atoms with Gasteiger partial charge in [-0.05, 0) is 17.5 Å². The minimum Gasteiger partial charge on any atom is -0.388 e. The molecule has 1 aromatic rings. The predicted molar refractivity (Wildman–Crippen MR) is 45.0 cm³/mol. The van der Waals surface area contributed by atoms with Gasteiger partial charge >= 0.3 is 6.36 Å². The van der Waals surface area contributed by atoms with Crippen LogP contribution in [0.3, 0.4) is 0 Å². The Kier molecular flexibility index (Phi) is 2.98. The molecule has 0 N–H and O–H groups in total. The number of pyridine rings is 1. The van der Waals surface area contributed by atoms with E-state index in [0.29, 0.717) is 0 Å². The number of rotatable bonds is 2. The van der Waals surface area contributed by atoms with Gasteiger partial charge < -0.3 is 4.74 Å². The van der Waals surface area contributed by atoms with Gasteiger partial charge in [0.25, 0.3) is 0 Å². The molecular formula is C9H10F3NO. The van der Waals surface area contributed by atoms with E-state index >= 15 is 0 Å². The molecule has 0 atom stereocenters. The minimum atomic E-state index is -4.68. The summed E-state index contributed by atoms with van der Waals surface area (Å²) in [6.07, 6.45) is -3.38. The zero-order valence-corrected chi connectivity index (χ0v) is 7.80. The second kappa shape index (κ2) is 3.86. The molecular weight excluding hydrogens is 195 g/mol. The number of aromatic nitrogens is 1. The van der Waals surface area contributed by atoms with Crippen LogP contribution >= 0.6 is 0 Å². The molecule has 0 amide bonds. The van der Waals surface area contributed by atoms with E-state index in [9.17, 15) is 13.2 Å². The monoisotopic (exact) mass is 205 g/mol. The molecule has 78 valence electrons. The number of ether oxygens (including phenoxy) is 1. The molecule has 14 heavy (non-hydrogen) atoms. The van der Waals surface area contributed by atoms with Crippen molar-refractivity contribution in [2.75, 3.05) is 0 Å². The number of hydrogen-bond acceptors (Lipinski definition) is 2. The van der Waals surface area contributed by atoms with E-state index in [1.807, 2.05) is 13.8 Å². The predicted octanol–water partition coefficient (Wildman–Crippen LogP) is 3.10. The molecule has 5 heteroatoms. The number of nitrogens with zero attached hydrogens (tertiary/aromatic N) is 1. The van der Waals surface area contributed by atoms with E-state index in [0.717, 1.165) is 5.56 Å². The Balaban J connectivity index is 2.84. The molecule has 1 heterocycles. The molecule has 0 aromatic carbocycles. The maximum absolute atomic E-state index is 11.8. The van der Waals surface area contributed by atoms with Crippen molar-refractivity contribution in [1.29, 1.82) is 0 Å². The second-order valence-electron chi connectivity index (χ2n) is 3.13. The molecule has 0 aliphatic carbocycles. The van der Waals surface area contributed by atoms with Gasteiger partial charge in [0.2, 0.25) is 5.88 Å². The van der Waals surface area contributed by atoms with Crippen LogP contribution in [-0.4, -0.2) is 11.3 Å². The first-order valence-electron chi connectivity index (χ1n) is 4.10. The highest BCUT2D eigenvalue weighted by molar-refractivity contribution is 5.23. The normalized spacial score (nSPS) is 11.9. The van der Waals surface area contributed by atoms with Crippen LogP contribution in [0.2, 0.25) is 0 Å². The fourth-order valence-corrected chi connectivity index (χ4v) is 0.958. The second-order valence-corrected chi connectivity index (χ2v) is 3.13. The van der Waals surface area contributed by atoms with E-state index in [2.05, 4.69) is 9.72 Å². The van der Waals surface area contributed by atoms with E-state index in [-0.39, 0.29) is 5.92 Å². The number of alkyl halides is 3. The average Bonchev–Trinajstić information content (AvgIpc) is 2.01. The molecule has 0 aliphatic heterocycles. The SMILES string of the molecule is CC(C)c1ccnc(OC(F)(F)F)c1. The zero-order chi connectivity index (χ0) is 10.8. The first-order chi connectivity index (χ1) is 6.38. The van der Waals surface area contributed by atoms with Gasteiger partial charge in [0.05, 0.1) is 0 Å². The highest BCUT2D eigenvalue weighted by Crippen LogP contribution is 2.23. The summed E-state index contributed by atoms with van der Waals surface area (Å²) < 4.78 is 39.1. The van der Waals surface area contributed by atoms with E-state index in [1.165, 1.54) is 12.3 Å². The van der Waals surface area contributed by atoms with Crippen LogP contribution in [0.1, 0.15) is 25.3 Å². The van der Waals surface area contributed by atoms with Gasteiger partial charge in [0, 0.05) is 12.3 Å². The van der Waals surface area contributed by atoms with Crippen molar-refractivity contribution in [1.82, 2.24) is 4.98 Å². The van der Waals surface area contributed by atoms with Gasteiger partial charge in [-0.1, -0.05) is 13.8 Å². The van der Waals surface area contributed by atoms with Crippen LogP contribution in [0.25, 0.3) is 0 Å². The summed E-state index contributed by atoms with van der Waals surface area (Å²) in [5, 5.41) is 0. The minimum absolute atomic E-state index is 0.147. The first kappa shape index (κ1) is 10.8. The molecule has 0 radical (unpaired) electrons. The van der Waals surface area contributed by atoms with Gasteiger partial charge in [0.1, 0.15) is 0 Å². The summed E-state index contributed by atoms with van der Waals surface area (Å²) in [5.41, 5.74) is 0.763. The molecule has 0 spiro atoms. The molecule has 0 fully saturated rings. The van der Waals surface area contributed by atoms with Crippen molar-refractivity contribution in [2.24, 2.45) is 0 Å². The van der Waals surface area contributed by atoms with Crippen molar-refractivity contribution in [3.63, 3.8) is 0 Å². The molecule has 0 saturated carbocycles. The fourth-order valence-electron chi connectivity index (χ4n) is 0.958. The highest BCUT2D eigenvalue weighted by atomic mass is 19.4. The Bertz CT molecular complexity index is 309. The van der Waals surface area contributed by atoms with Crippen molar-refractivity contribution in [2.45, 2.75) is 26.1 Å². The molecule has 0 aliphatic rings. The van der Waals surface area contributed by atoms with Gasteiger partial charge in [-0.15, -0.1) is 13.2 Å². The van der Waals surface area contributed by atoms with Gasteiger partial charge in [-0.3, -0.25) is 0 Å². The summed E-state index contributed by atoms with van der Waals surface area (Å²) >= 11 is 0. The molecule has 1 aromatic heterocycles. The van der Waals surface area contributed by atoms with Crippen molar-refractivity contribution in [3.8, 4) is 5.88 Å². The van der Waals surface area contributed by atoms with E-state index < -0.39 is 12.2 Å². The highest BCUT2D eigenvalue weighted by Gasteiger charge is 2.31. The summed E-state index contributed by atoms with van der Waals surface area (Å²) in [5.74, 6) is -0.266. The lowest BCUT2D eigenvalue weighted by Gasteiger charge is -2.10. The number of halogens is 3. The van der Waals surface area contributed by atoms with Gasteiger partial charge in [-0.25, -0.2) is 4.98 Å². The molecule has 1 rings (SSSR count). The van der Waals surface area contributed by atoms with Crippen LogP contribution in [0.4, 0.5) is 13.2 Å². The Labute approximate surface area is 79.7 Å². The van der Waals surface area contributed by atoms with E-state index in [4.69, 9.17) is 0 Å². The third-order valence-electron chi connectivity index (χ3n) is 1.65. The van der Waals surface area contributed by atoms with Gasteiger partial charge in [0.15, 0.2) is 0 Å². The van der Waals surface area contributed by atoms with Crippen LogP contribution < -0.4 is 4.74 Å². The van der Waals surface area contributed by atoms with Crippen LogP contribution in [0, 0.1) is 0 Å². The summed E-state index contributed by atoms with van der Waals surface area (Å²) in [7, 11) is 0. The Morgan fingerprint density at radius 2 is 2.00 bits per heavy atom. The topological polar surface area (TPSA) is 22.1 Å². The molecule has 2 nitrogen and oxygen atoms in total. The lowest BCUT2D eigenvalue weighted by molar-refractivity contribution is -0.276. The van der Waals surface area contributed by atoms with Gasteiger partial charge in [-0.2, -0.15) is 0 Å². The zero-order valence-electron chi connectivity index (χ0n) is 7.80. The third-order valence-corrected chi connectivity index (χ3v) is 1.65. The summed E-state index contributed by atoms with van der Waals surface area (Å²) in [6.45, 7) is 3.76. The van der Waals surface area contributed by atoms with Crippen molar-refractivity contribution >= 4 is 0 Å². The van der Waals surface area contributed by atoms with Crippen LogP contribution in [0.5, 0.6) is 5.88 Å². The quantitative estimate of drug-likeness (QED) is 0.740. The third kappa shape index (κ3) is 3.24. The smallest absolute Gasteiger partial charge is 0.388 e. The average molecular weight is 205 g/mol. The maximum atomic E-state index is 11.8. The number of hydrogen-bond donors (Lipinski definition) is 0. The van der Waals surface area contributed by atoms with Crippen LogP contribution in [-0.2, 0) is 0 Å². The summed E-state index contributed by atoms with van der Waals surface area (Å²) in [6, 6.07) is 2.95. The fraction of sp³-hybridized carbons (Fsp3) is 0.444. The Morgan fingerprint density at radius 3 is 2.50 bits per heavy atom. The molecule has 0 saturated heterocycles. The standard InChI is InChI=1S/C9H10F3NO/c1-6(2)7-3-4-13-8(5-7)14-9(10,11)12/h3-6H,1-2H3. The molecule has 0 bridgehead atoms. The lowest BCUT2D eigenvalue weighted by atomic mass is 10.1.